The van der Waals surface area contributed by atoms with Crippen LogP contribution in [0, 0.1) is 0 Å². The van der Waals surface area contributed by atoms with Gasteiger partial charge in [-0.25, -0.2) is 0 Å². The highest BCUT2D eigenvalue weighted by atomic mass is 35.5. The predicted octanol–water partition coefficient (Wildman–Crippen LogP) is 3.31. The minimum atomic E-state index is 0.778. The molecule has 3 atom stereocenters. The summed E-state index contributed by atoms with van der Waals surface area (Å²) in [5.74, 6) is 0. The molecule has 58 valence electrons. The minimum Gasteiger partial charge on any atom is -0.0872 e. The van der Waals surface area contributed by atoms with E-state index in [0.717, 1.165) is 27.2 Å². The fourth-order valence-corrected chi connectivity index (χ4v) is 5.37. The number of hydrogen-bond acceptors (Lipinski definition) is 0. The van der Waals surface area contributed by atoms with E-state index in [1.165, 1.54) is 10.9 Å². The summed E-state index contributed by atoms with van der Waals surface area (Å²) in [6, 6.07) is 6.29. The van der Waals surface area contributed by atoms with Gasteiger partial charge in [-0.1, -0.05) is 41.1 Å². The molecule has 0 amide bonds. The van der Waals surface area contributed by atoms with Crippen molar-refractivity contribution >= 4 is 33.4 Å². The Balaban J connectivity index is 2.50. The summed E-state index contributed by atoms with van der Waals surface area (Å²) in [5, 5.41) is 2.37. The zero-order valence-corrected chi connectivity index (χ0v) is 8.94. The lowest BCUT2D eigenvalue weighted by molar-refractivity contribution is 1.12. The first-order chi connectivity index (χ1) is 5.27. The lowest BCUT2D eigenvalue weighted by atomic mass is 10.2. The van der Waals surface area contributed by atoms with E-state index in [9.17, 15) is 0 Å². The van der Waals surface area contributed by atoms with Crippen molar-refractivity contribution in [3.8, 4) is 0 Å². The van der Waals surface area contributed by atoms with Crippen LogP contribution in [0.1, 0.15) is 18.1 Å². The van der Waals surface area contributed by atoms with Crippen molar-refractivity contribution in [3.05, 3.63) is 28.8 Å². The van der Waals surface area contributed by atoms with Crippen molar-refractivity contribution in [1.82, 2.24) is 0 Å². The van der Waals surface area contributed by atoms with Gasteiger partial charge in [0.1, 0.15) is 0 Å². The SMILES string of the molecule is CC1PPc2cc(Cl)ccc21. The molecule has 3 unspecified atom stereocenters. The molecule has 1 heterocycles. The molecule has 1 aromatic carbocycles. The normalized spacial score (nSPS) is 26.2. The molecule has 11 heavy (non-hydrogen) atoms. The maximum Gasteiger partial charge on any atom is 0.0412 e. The van der Waals surface area contributed by atoms with Gasteiger partial charge < -0.3 is 0 Å². The largest absolute Gasteiger partial charge is 0.0872 e. The minimum absolute atomic E-state index is 0.778. The van der Waals surface area contributed by atoms with Gasteiger partial charge in [-0.05, 0) is 23.0 Å². The van der Waals surface area contributed by atoms with E-state index in [2.05, 4.69) is 19.1 Å². The molecule has 1 aliphatic heterocycles. The topological polar surface area (TPSA) is 0 Å². The van der Waals surface area contributed by atoms with E-state index in [1.54, 1.807) is 0 Å². The van der Waals surface area contributed by atoms with Gasteiger partial charge in [-0.3, -0.25) is 0 Å². The summed E-state index contributed by atoms with van der Waals surface area (Å²) < 4.78 is 0. The predicted molar refractivity (Wildman–Crippen MR) is 56.1 cm³/mol. The van der Waals surface area contributed by atoms with Gasteiger partial charge in [0.05, 0.1) is 0 Å². The van der Waals surface area contributed by atoms with E-state index in [1.807, 2.05) is 6.07 Å². The second kappa shape index (κ2) is 3.02. The first-order valence-electron chi connectivity index (χ1n) is 3.58. The molecule has 0 bridgehead atoms. The summed E-state index contributed by atoms with van der Waals surface area (Å²) in [7, 11) is 2.09. The van der Waals surface area contributed by atoms with Crippen molar-refractivity contribution < 1.29 is 0 Å². The maximum absolute atomic E-state index is 5.88. The van der Waals surface area contributed by atoms with Crippen LogP contribution >= 0.6 is 28.1 Å². The Labute approximate surface area is 75.2 Å². The third-order valence-electron chi connectivity index (χ3n) is 1.91. The second-order valence-electron chi connectivity index (χ2n) is 2.72. The zero-order chi connectivity index (χ0) is 7.84. The molecule has 0 saturated carbocycles. The van der Waals surface area contributed by atoms with E-state index in [4.69, 9.17) is 11.6 Å². The molecule has 0 nitrogen and oxygen atoms in total. The molecule has 0 fully saturated rings. The summed E-state index contributed by atoms with van der Waals surface area (Å²) in [6.45, 7) is 2.30. The smallest absolute Gasteiger partial charge is 0.0412 e. The Bertz CT molecular complexity index is 285. The number of hydrogen-bond donors (Lipinski definition) is 0. The molecular weight excluding hydrogens is 193 g/mol. The molecule has 1 aromatic rings. The average molecular weight is 203 g/mol. The van der Waals surface area contributed by atoms with Gasteiger partial charge in [-0.2, -0.15) is 0 Å². The van der Waals surface area contributed by atoms with Gasteiger partial charge in [0.2, 0.25) is 0 Å². The van der Waals surface area contributed by atoms with Gasteiger partial charge in [0.25, 0.3) is 0 Å². The van der Waals surface area contributed by atoms with E-state index in [-0.39, 0.29) is 0 Å². The molecule has 0 radical (unpaired) electrons. The first kappa shape index (κ1) is 7.99. The Morgan fingerprint density at radius 3 is 3.09 bits per heavy atom. The number of fused-ring (bicyclic) bond motifs is 1. The molecule has 2 rings (SSSR count). The van der Waals surface area contributed by atoms with E-state index >= 15 is 0 Å². The molecule has 0 aromatic heterocycles. The Morgan fingerprint density at radius 2 is 2.27 bits per heavy atom. The highest BCUT2D eigenvalue weighted by Crippen LogP contribution is 2.55. The zero-order valence-electron chi connectivity index (χ0n) is 6.19. The molecule has 0 spiro atoms. The second-order valence-corrected chi connectivity index (χ2v) is 6.72. The standard InChI is InChI=1S/C8H9ClP2/c1-5-7-3-2-6(9)4-8(7)11-10-5/h2-5,10-11H,1H3. The fraction of sp³-hybridized carbons (Fsp3) is 0.250. The average Bonchev–Trinajstić information content (AvgIpc) is 2.32. The molecule has 0 aliphatic carbocycles. The van der Waals surface area contributed by atoms with Gasteiger partial charge in [0.15, 0.2) is 0 Å². The number of halogens is 1. The van der Waals surface area contributed by atoms with Crippen LogP contribution in [-0.4, -0.2) is 0 Å². The van der Waals surface area contributed by atoms with Gasteiger partial charge >= 0.3 is 0 Å². The molecule has 1 aliphatic rings. The summed E-state index contributed by atoms with van der Waals surface area (Å²) in [5.41, 5.74) is 2.30. The summed E-state index contributed by atoms with van der Waals surface area (Å²) in [6.07, 6.45) is 0. The lowest BCUT2D eigenvalue weighted by Crippen LogP contribution is -1.97. The van der Waals surface area contributed by atoms with Crippen LogP contribution in [-0.2, 0) is 0 Å². The van der Waals surface area contributed by atoms with Crippen molar-refractivity contribution in [2.24, 2.45) is 0 Å². The van der Waals surface area contributed by atoms with Crippen molar-refractivity contribution in [3.63, 3.8) is 0 Å². The third kappa shape index (κ3) is 1.45. The third-order valence-corrected chi connectivity index (χ3v) is 6.27. The maximum atomic E-state index is 5.88. The van der Waals surface area contributed by atoms with Crippen LogP contribution in [0.5, 0.6) is 0 Å². The van der Waals surface area contributed by atoms with Crippen LogP contribution in [0.2, 0.25) is 5.02 Å². The highest BCUT2D eigenvalue weighted by Gasteiger charge is 2.17. The number of rotatable bonds is 0. The van der Waals surface area contributed by atoms with E-state index < -0.39 is 0 Å². The molecular formula is C8H9ClP2. The van der Waals surface area contributed by atoms with E-state index in [0.29, 0.717) is 0 Å². The monoisotopic (exact) mass is 202 g/mol. The van der Waals surface area contributed by atoms with Gasteiger partial charge in [0, 0.05) is 10.7 Å². The fourth-order valence-electron chi connectivity index (χ4n) is 1.28. The van der Waals surface area contributed by atoms with Crippen molar-refractivity contribution in [2.45, 2.75) is 12.6 Å². The molecule has 3 heteroatoms. The quantitative estimate of drug-likeness (QED) is 0.566. The first-order valence-corrected chi connectivity index (χ1v) is 7.04. The molecule has 0 N–H and O–H groups in total. The van der Waals surface area contributed by atoms with Crippen molar-refractivity contribution in [1.29, 1.82) is 0 Å². The Hall–Kier alpha value is 0.370. The highest BCUT2D eigenvalue weighted by molar-refractivity contribution is 8.16. The number of benzene rings is 1. The van der Waals surface area contributed by atoms with Crippen LogP contribution in [0.4, 0.5) is 0 Å². The summed E-state index contributed by atoms with van der Waals surface area (Å²) >= 11 is 5.88. The molecule has 0 saturated heterocycles. The Kier molecular flexibility index (Phi) is 2.19. The Morgan fingerprint density at radius 1 is 1.45 bits per heavy atom. The van der Waals surface area contributed by atoms with Crippen molar-refractivity contribution in [2.75, 3.05) is 0 Å². The van der Waals surface area contributed by atoms with Gasteiger partial charge in [-0.15, -0.1) is 0 Å². The van der Waals surface area contributed by atoms with Crippen LogP contribution in [0.25, 0.3) is 0 Å². The van der Waals surface area contributed by atoms with Crippen LogP contribution in [0.3, 0.4) is 0 Å². The summed E-state index contributed by atoms with van der Waals surface area (Å²) in [4.78, 5) is 0. The van der Waals surface area contributed by atoms with Crippen LogP contribution in [0.15, 0.2) is 18.2 Å². The lowest BCUT2D eigenvalue weighted by Gasteiger charge is -2.01. The van der Waals surface area contributed by atoms with Crippen LogP contribution < -0.4 is 5.30 Å².